The molecule has 0 spiro atoms. The fraction of sp³-hybridized carbons (Fsp3) is 0.462. The van der Waals surface area contributed by atoms with Crippen molar-refractivity contribution in [2.75, 3.05) is 0 Å². The molecule has 0 bridgehead atoms. The van der Waals surface area contributed by atoms with Gasteiger partial charge in [0.1, 0.15) is 0 Å². The molecule has 0 aliphatic heterocycles. The van der Waals surface area contributed by atoms with Gasteiger partial charge in [-0.15, -0.1) is 0 Å². The van der Waals surface area contributed by atoms with Crippen molar-refractivity contribution in [1.82, 2.24) is 0 Å². The molecule has 15 heavy (non-hydrogen) atoms. The molecule has 0 N–H and O–H groups in total. The maximum absolute atomic E-state index is 10.4. The van der Waals surface area contributed by atoms with E-state index in [1.807, 2.05) is 13.8 Å². The van der Waals surface area contributed by atoms with Gasteiger partial charge in [-0.2, -0.15) is 4.99 Å². The van der Waals surface area contributed by atoms with E-state index in [0.717, 1.165) is 12.8 Å². The van der Waals surface area contributed by atoms with Crippen LogP contribution in [-0.2, 0) is 23.2 Å². The number of hydrogen-bond acceptors (Lipinski definition) is 2. The first kappa shape index (κ1) is 10.1. The number of aliphatic imine (C=N–C) groups is 1. The number of benzene rings is 1. The molecule has 78 valence electrons. The van der Waals surface area contributed by atoms with Crippen molar-refractivity contribution in [2.24, 2.45) is 4.99 Å². The van der Waals surface area contributed by atoms with Crippen LogP contribution >= 0.6 is 0 Å². The van der Waals surface area contributed by atoms with Gasteiger partial charge in [0.25, 0.3) is 0 Å². The van der Waals surface area contributed by atoms with Crippen LogP contribution in [0.25, 0.3) is 0 Å². The number of aryl methyl sites for hydroxylation is 1. The van der Waals surface area contributed by atoms with Crippen molar-refractivity contribution in [3.05, 3.63) is 34.9 Å². The van der Waals surface area contributed by atoms with Gasteiger partial charge in [-0.3, -0.25) is 0 Å². The van der Waals surface area contributed by atoms with Crippen LogP contribution in [0.1, 0.15) is 37.0 Å². The van der Waals surface area contributed by atoms with Crippen molar-refractivity contribution >= 4 is 6.08 Å². The Kier molecular flexibility index (Phi) is 2.45. The van der Waals surface area contributed by atoms with Crippen molar-refractivity contribution in [2.45, 2.75) is 38.6 Å². The van der Waals surface area contributed by atoms with Crippen LogP contribution in [0.4, 0.5) is 0 Å². The molecule has 1 aliphatic rings. The third-order valence-corrected chi connectivity index (χ3v) is 3.13. The average Bonchev–Trinajstić information content (AvgIpc) is 2.64. The van der Waals surface area contributed by atoms with Gasteiger partial charge in [0.05, 0.1) is 5.54 Å². The van der Waals surface area contributed by atoms with Gasteiger partial charge in [-0.1, -0.05) is 18.2 Å². The number of carbonyl (C=O) groups excluding carboxylic acids is 1. The fourth-order valence-corrected chi connectivity index (χ4v) is 2.37. The Labute approximate surface area is 90.0 Å². The minimum Gasteiger partial charge on any atom is -0.211 e. The van der Waals surface area contributed by atoms with E-state index in [0.29, 0.717) is 0 Å². The molecule has 0 heterocycles. The van der Waals surface area contributed by atoms with E-state index >= 15 is 0 Å². The highest BCUT2D eigenvalue weighted by molar-refractivity contribution is 5.44. The van der Waals surface area contributed by atoms with Crippen LogP contribution in [-0.4, -0.2) is 6.08 Å². The molecule has 2 nitrogen and oxygen atoms in total. The first-order valence-corrected chi connectivity index (χ1v) is 5.35. The minimum atomic E-state index is -0.433. The summed E-state index contributed by atoms with van der Waals surface area (Å²) in [6, 6.07) is 6.30. The molecule has 2 rings (SSSR count). The summed E-state index contributed by atoms with van der Waals surface area (Å²) in [5.41, 5.74) is 3.56. The van der Waals surface area contributed by atoms with E-state index in [-0.39, 0.29) is 0 Å². The van der Waals surface area contributed by atoms with Gasteiger partial charge in [0.15, 0.2) is 0 Å². The Morgan fingerprint density at radius 2 is 2.13 bits per heavy atom. The fourth-order valence-electron chi connectivity index (χ4n) is 2.37. The largest absolute Gasteiger partial charge is 0.235 e. The second-order valence-electron chi connectivity index (χ2n) is 4.56. The van der Waals surface area contributed by atoms with Gasteiger partial charge in [-0.05, 0) is 49.8 Å². The SMILES string of the molecule is CC(C)(N=C=O)c1cccc2c1CCC2. The van der Waals surface area contributed by atoms with Crippen LogP contribution in [0.15, 0.2) is 23.2 Å². The maximum Gasteiger partial charge on any atom is 0.235 e. The number of rotatable bonds is 2. The van der Waals surface area contributed by atoms with E-state index in [4.69, 9.17) is 0 Å². The van der Waals surface area contributed by atoms with Crippen molar-refractivity contribution in [1.29, 1.82) is 0 Å². The monoisotopic (exact) mass is 201 g/mol. The molecule has 0 fully saturated rings. The molecule has 0 amide bonds. The lowest BCUT2D eigenvalue weighted by Crippen LogP contribution is -2.16. The summed E-state index contributed by atoms with van der Waals surface area (Å²) in [5.74, 6) is 0. The molecule has 0 aromatic heterocycles. The Balaban J connectivity index is 2.54. The van der Waals surface area contributed by atoms with Gasteiger partial charge in [-0.25, -0.2) is 4.79 Å². The number of nitrogens with zero attached hydrogens (tertiary/aromatic N) is 1. The molecule has 1 aromatic rings. The van der Waals surface area contributed by atoms with Gasteiger partial charge >= 0.3 is 0 Å². The zero-order valence-corrected chi connectivity index (χ0v) is 9.21. The van der Waals surface area contributed by atoms with Crippen LogP contribution in [0, 0.1) is 0 Å². The van der Waals surface area contributed by atoms with Crippen LogP contribution in [0.2, 0.25) is 0 Å². The molecular weight excluding hydrogens is 186 g/mol. The molecule has 2 heteroatoms. The lowest BCUT2D eigenvalue weighted by molar-refractivity contribution is 0.520. The van der Waals surface area contributed by atoms with E-state index in [9.17, 15) is 4.79 Å². The van der Waals surface area contributed by atoms with Crippen LogP contribution < -0.4 is 0 Å². The number of fused-ring (bicyclic) bond motifs is 1. The summed E-state index contributed by atoms with van der Waals surface area (Å²) in [5, 5.41) is 0. The number of hydrogen-bond donors (Lipinski definition) is 0. The third-order valence-electron chi connectivity index (χ3n) is 3.13. The molecule has 0 atom stereocenters. The second-order valence-corrected chi connectivity index (χ2v) is 4.56. The topological polar surface area (TPSA) is 29.4 Å². The van der Waals surface area contributed by atoms with Gasteiger partial charge in [0, 0.05) is 0 Å². The second kappa shape index (κ2) is 3.63. The number of isocyanates is 1. The minimum absolute atomic E-state index is 0.433. The maximum atomic E-state index is 10.4. The van der Waals surface area contributed by atoms with Crippen LogP contribution in [0.3, 0.4) is 0 Å². The smallest absolute Gasteiger partial charge is 0.211 e. The third kappa shape index (κ3) is 1.73. The molecule has 1 aromatic carbocycles. The lowest BCUT2D eigenvalue weighted by atomic mass is 9.89. The molecule has 0 saturated carbocycles. The summed E-state index contributed by atoms with van der Waals surface area (Å²) >= 11 is 0. The highest BCUT2D eigenvalue weighted by Crippen LogP contribution is 2.33. The van der Waals surface area contributed by atoms with E-state index in [2.05, 4.69) is 23.2 Å². The van der Waals surface area contributed by atoms with E-state index in [1.165, 1.54) is 23.1 Å². The summed E-state index contributed by atoms with van der Waals surface area (Å²) in [6.45, 7) is 3.93. The predicted molar refractivity (Wildman–Crippen MR) is 59.6 cm³/mol. The van der Waals surface area contributed by atoms with Gasteiger partial charge < -0.3 is 0 Å². The summed E-state index contributed by atoms with van der Waals surface area (Å²) < 4.78 is 0. The zero-order chi connectivity index (χ0) is 10.9. The van der Waals surface area contributed by atoms with Crippen molar-refractivity contribution < 1.29 is 4.79 Å². The highest BCUT2D eigenvalue weighted by atomic mass is 16.1. The predicted octanol–water partition coefficient (Wildman–Crippen LogP) is 2.75. The quantitative estimate of drug-likeness (QED) is 0.534. The Morgan fingerprint density at radius 3 is 2.87 bits per heavy atom. The summed E-state index contributed by atoms with van der Waals surface area (Å²) in [4.78, 5) is 14.3. The molecule has 0 saturated heterocycles. The van der Waals surface area contributed by atoms with Crippen molar-refractivity contribution in [3.8, 4) is 0 Å². The van der Waals surface area contributed by atoms with Gasteiger partial charge in [0.2, 0.25) is 6.08 Å². The van der Waals surface area contributed by atoms with Crippen LogP contribution in [0.5, 0.6) is 0 Å². The zero-order valence-electron chi connectivity index (χ0n) is 9.21. The molecule has 0 unspecified atom stereocenters. The lowest BCUT2D eigenvalue weighted by Gasteiger charge is -2.21. The molecule has 0 radical (unpaired) electrons. The molecular formula is C13H15NO. The Hall–Kier alpha value is -1.40. The van der Waals surface area contributed by atoms with E-state index < -0.39 is 5.54 Å². The Bertz CT molecular complexity index is 428. The van der Waals surface area contributed by atoms with Crippen molar-refractivity contribution in [3.63, 3.8) is 0 Å². The Morgan fingerprint density at radius 1 is 1.33 bits per heavy atom. The summed E-state index contributed by atoms with van der Waals surface area (Å²) in [7, 11) is 0. The normalized spacial score (nSPS) is 14.5. The standard InChI is InChI=1S/C13H15NO/c1-13(2,14-9-15)12-8-4-6-10-5-3-7-11(10)12/h4,6,8H,3,5,7H2,1-2H3. The average molecular weight is 201 g/mol. The first-order chi connectivity index (χ1) is 7.15. The summed E-state index contributed by atoms with van der Waals surface area (Å²) in [6.07, 6.45) is 5.16. The highest BCUT2D eigenvalue weighted by Gasteiger charge is 2.25. The first-order valence-electron chi connectivity index (χ1n) is 5.35. The van der Waals surface area contributed by atoms with E-state index in [1.54, 1.807) is 6.08 Å². The molecule has 1 aliphatic carbocycles.